The summed E-state index contributed by atoms with van der Waals surface area (Å²) in [6, 6.07) is 7.50. The van der Waals surface area contributed by atoms with Crippen LogP contribution >= 0.6 is 0 Å². The first-order valence-corrected chi connectivity index (χ1v) is 8.96. The minimum atomic E-state index is -0.587. The van der Waals surface area contributed by atoms with Gasteiger partial charge >= 0.3 is 5.97 Å². The maximum Gasteiger partial charge on any atom is 0.358 e. The number of aryl methyl sites for hydroxylation is 4. The highest BCUT2D eigenvalue weighted by molar-refractivity contribution is 6.07. The van der Waals surface area contributed by atoms with E-state index >= 15 is 0 Å². The van der Waals surface area contributed by atoms with E-state index in [1.165, 1.54) is 16.5 Å². The van der Waals surface area contributed by atoms with Crippen LogP contribution in [0.4, 0.5) is 5.69 Å². The number of nitrogens with zero attached hydrogens (tertiary/aromatic N) is 4. The summed E-state index contributed by atoms with van der Waals surface area (Å²) in [7, 11) is 2.88. The summed E-state index contributed by atoms with van der Waals surface area (Å²) in [5.74, 6) is -0.315. The highest BCUT2D eigenvalue weighted by atomic mass is 16.5. The molecule has 152 valence electrons. The average Bonchev–Trinajstić information content (AvgIpc) is 3.23. The normalized spacial score (nSPS) is 10.7. The summed E-state index contributed by atoms with van der Waals surface area (Å²) < 4.78 is 13.4. The standard InChI is InChI=1S/C20H23N5O4/c1-12-8-13(2)10-15(9-12)29-11-25-7-6-16(23-25)19(26)21-17-14(3)22-24(4)18(17)20(27)28-5/h6-10H,11H2,1-5H3,(H,21,26). The van der Waals surface area contributed by atoms with Crippen molar-refractivity contribution in [2.45, 2.75) is 27.5 Å². The van der Waals surface area contributed by atoms with Crippen LogP contribution in [0.15, 0.2) is 30.5 Å². The smallest absolute Gasteiger partial charge is 0.358 e. The predicted octanol–water partition coefficient (Wildman–Crippen LogP) is 2.62. The molecule has 0 spiro atoms. The summed E-state index contributed by atoms with van der Waals surface area (Å²) in [6.07, 6.45) is 1.65. The zero-order valence-corrected chi connectivity index (χ0v) is 17.0. The molecule has 0 aliphatic carbocycles. The summed E-state index contributed by atoms with van der Waals surface area (Å²) in [6.45, 7) is 5.85. The number of nitrogens with one attached hydrogen (secondary N) is 1. The number of rotatable bonds is 6. The zero-order valence-electron chi connectivity index (χ0n) is 17.0. The summed E-state index contributed by atoms with van der Waals surface area (Å²) in [5, 5.41) is 11.1. The Hall–Kier alpha value is -3.62. The Bertz CT molecular complexity index is 1050. The largest absolute Gasteiger partial charge is 0.471 e. The van der Waals surface area contributed by atoms with Crippen LogP contribution in [0.2, 0.25) is 0 Å². The summed E-state index contributed by atoms with van der Waals surface area (Å²) in [5.41, 5.74) is 3.36. The van der Waals surface area contributed by atoms with Crippen molar-refractivity contribution in [1.82, 2.24) is 19.6 Å². The Morgan fingerprint density at radius 2 is 1.79 bits per heavy atom. The van der Waals surface area contributed by atoms with Crippen LogP contribution in [-0.4, -0.2) is 38.5 Å². The Morgan fingerprint density at radius 1 is 1.10 bits per heavy atom. The number of hydrogen-bond donors (Lipinski definition) is 1. The molecule has 0 unspecified atom stereocenters. The Balaban J connectivity index is 1.71. The van der Waals surface area contributed by atoms with E-state index in [1.54, 1.807) is 26.2 Å². The molecule has 29 heavy (non-hydrogen) atoms. The molecule has 0 saturated carbocycles. The minimum Gasteiger partial charge on any atom is -0.471 e. The Labute approximate surface area is 168 Å². The second kappa shape index (κ2) is 8.17. The highest BCUT2D eigenvalue weighted by Gasteiger charge is 2.23. The van der Waals surface area contributed by atoms with Gasteiger partial charge in [-0.1, -0.05) is 6.07 Å². The quantitative estimate of drug-likeness (QED) is 0.642. The fourth-order valence-corrected chi connectivity index (χ4v) is 3.03. The third kappa shape index (κ3) is 4.45. The van der Waals surface area contributed by atoms with Crippen molar-refractivity contribution in [3.63, 3.8) is 0 Å². The molecule has 1 amide bonds. The fraction of sp³-hybridized carbons (Fsp3) is 0.300. The lowest BCUT2D eigenvalue weighted by Crippen LogP contribution is -2.18. The van der Waals surface area contributed by atoms with Crippen molar-refractivity contribution >= 4 is 17.6 Å². The van der Waals surface area contributed by atoms with Crippen molar-refractivity contribution in [2.24, 2.45) is 7.05 Å². The van der Waals surface area contributed by atoms with Gasteiger partial charge in [-0.15, -0.1) is 0 Å². The minimum absolute atomic E-state index is 0.162. The molecule has 0 aliphatic rings. The van der Waals surface area contributed by atoms with Crippen molar-refractivity contribution in [3.05, 3.63) is 58.7 Å². The van der Waals surface area contributed by atoms with Crippen molar-refractivity contribution in [2.75, 3.05) is 12.4 Å². The van der Waals surface area contributed by atoms with Gasteiger partial charge in [-0.3, -0.25) is 9.48 Å². The maximum absolute atomic E-state index is 12.6. The molecule has 2 heterocycles. The van der Waals surface area contributed by atoms with Gasteiger partial charge in [0.2, 0.25) is 0 Å². The number of anilines is 1. The number of carbonyl (C=O) groups is 2. The molecule has 0 radical (unpaired) electrons. The predicted molar refractivity (Wildman–Crippen MR) is 106 cm³/mol. The van der Waals surface area contributed by atoms with Gasteiger partial charge in [-0.2, -0.15) is 10.2 Å². The second-order valence-corrected chi connectivity index (χ2v) is 6.72. The Morgan fingerprint density at radius 3 is 2.45 bits per heavy atom. The van der Waals surface area contributed by atoms with Gasteiger partial charge in [-0.05, 0) is 50.1 Å². The first kappa shape index (κ1) is 20.1. The number of benzene rings is 1. The van der Waals surface area contributed by atoms with E-state index in [2.05, 4.69) is 21.6 Å². The lowest BCUT2D eigenvalue weighted by Gasteiger charge is -2.08. The van der Waals surface area contributed by atoms with E-state index in [1.807, 2.05) is 26.0 Å². The topological polar surface area (TPSA) is 100 Å². The van der Waals surface area contributed by atoms with Crippen LogP contribution in [0.25, 0.3) is 0 Å². The number of aromatic nitrogens is 4. The number of methoxy groups -OCH3 is 1. The molecule has 9 nitrogen and oxygen atoms in total. The van der Waals surface area contributed by atoms with Gasteiger partial charge in [0.05, 0.1) is 18.5 Å². The van der Waals surface area contributed by atoms with Crippen molar-refractivity contribution in [1.29, 1.82) is 0 Å². The molecule has 1 N–H and O–H groups in total. The molecular formula is C20H23N5O4. The molecule has 0 bridgehead atoms. The van der Waals surface area contributed by atoms with Gasteiger partial charge in [0.1, 0.15) is 5.75 Å². The zero-order chi connectivity index (χ0) is 21.1. The van der Waals surface area contributed by atoms with E-state index < -0.39 is 11.9 Å². The number of hydrogen-bond acceptors (Lipinski definition) is 6. The third-order valence-electron chi connectivity index (χ3n) is 4.27. The molecule has 0 aliphatic heterocycles. The first-order valence-electron chi connectivity index (χ1n) is 8.96. The highest BCUT2D eigenvalue weighted by Crippen LogP contribution is 2.21. The van der Waals surface area contributed by atoms with Crippen LogP contribution in [0.1, 0.15) is 37.8 Å². The molecule has 3 aromatic rings. The molecule has 9 heteroatoms. The molecule has 2 aromatic heterocycles. The molecule has 0 atom stereocenters. The lowest BCUT2D eigenvalue weighted by molar-refractivity contribution is 0.0589. The molecule has 0 fully saturated rings. The number of carbonyl (C=O) groups excluding carboxylic acids is 2. The van der Waals surface area contributed by atoms with Gasteiger partial charge in [0.15, 0.2) is 18.1 Å². The monoisotopic (exact) mass is 397 g/mol. The molecular weight excluding hydrogens is 374 g/mol. The number of esters is 1. The van der Waals surface area contributed by atoms with Crippen LogP contribution in [0, 0.1) is 20.8 Å². The van der Waals surface area contributed by atoms with E-state index in [9.17, 15) is 9.59 Å². The van der Waals surface area contributed by atoms with Crippen LogP contribution < -0.4 is 10.1 Å². The summed E-state index contributed by atoms with van der Waals surface area (Å²) >= 11 is 0. The van der Waals surface area contributed by atoms with Crippen molar-refractivity contribution < 1.29 is 19.1 Å². The number of amides is 1. The van der Waals surface area contributed by atoms with Gasteiger partial charge in [0, 0.05) is 13.2 Å². The van der Waals surface area contributed by atoms with E-state index in [-0.39, 0.29) is 18.1 Å². The van der Waals surface area contributed by atoms with Gasteiger partial charge < -0.3 is 14.8 Å². The molecule has 1 aromatic carbocycles. The first-order chi connectivity index (χ1) is 13.8. The van der Waals surface area contributed by atoms with Gasteiger partial charge in [-0.25, -0.2) is 9.48 Å². The average molecular weight is 397 g/mol. The van der Waals surface area contributed by atoms with E-state index in [4.69, 9.17) is 9.47 Å². The van der Waals surface area contributed by atoms with Crippen LogP contribution in [0.3, 0.4) is 0 Å². The SMILES string of the molecule is COC(=O)c1c(NC(=O)c2ccn(COc3cc(C)cc(C)c3)n2)c(C)nn1C. The molecule has 0 saturated heterocycles. The van der Waals surface area contributed by atoms with Crippen LogP contribution in [0.5, 0.6) is 5.75 Å². The fourth-order valence-electron chi connectivity index (χ4n) is 3.03. The summed E-state index contributed by atoms with van der Waals surface area (Å²) in [4.78, 5) is 24.6. The lowest BCUT2D eigenvalue weighted by atomic mass is 10.1. The Kier molecular flexibility index (Phi) is 5.67. The van der Waals surface area contributed by atoms with E-state index in [0.29, 0.717) is 11.4 Å². The number of ether oxygens (including phenoxy) is 2. The van der Waals surface area contributed by atoms with Crippen LogP contribution in [-0.2, 0) is 18.5 Å². The van der Waals surface area contributed by atoms with Gasteiger partial charge in [0.25, 0.3) is 5.91 Å². The van der Waals surface area contributed by atoms with E-state index in [0.717, 1.165) is 16.9 Å². The second-order valence-electron chi connectivity index (χ2n) is 6.72. The third-order valence-corrected chi connectivity index (χ3v) is 4.27. The molecule has 3 rings (SSSR count). The maximum atomic E-state index is 12.6. The van der Waals surface area contributed by atoms with Crippen molar-refractivity contribution in [3.8, 4) is 5.75 Å².